The second-order valence-electron chi connectivity index (χ2n) is 11.3. The van der Waals surface area contributed by atoms with Crippen molar-refractivity contribution < 1.29 is 29.4 Å². The van der Waals surface area contributed by atoms with Gasteiger partial charge in [0.25, 0.3) is 11.8 Å². The minimum Gasteiger partial charge on any atom is -0.507 e. The molecule has 0 bridgehead atoms. The van der Waals surface area contributed by atoms with E-state index < -0.39 is 29.5 Å². The summed E-state index contributed by atoms with van der Waals surface area (Å²) >= 11 is 0. The maximum Gasteiger partial charge on any atom is 0.273 e. The summed E-state index contributed by atoms with van der Waals surface area (Å²) in [5.74, 6) is -3.09. The van der Waals surface area contributed by atoms with E-state index in [1.165, 1.54) is 12.1 Å². The van der Waals surface area contributed by atoms with Crippen LogP contribution in [0, 0.1) is 5.92 Å². The first-order valence-electron chi connectivity index (χ1n) is 16.0. The summed E-state index contributed by atoms with van der Waals surface area (Å²) in [5.41, 5.74) is 11.6. The van der Waals surface area contributed by atoms with Crippen LogP contribution >= 0.6 is 0 Å². The number of amides is 4. The number of aromatic hydroxyl groups is 2. The Kier molecular flexibility index (Phi) is 16.4. The Morgan fingerprint density at radius 2 is 1.11 bits per heavy atom. The van der Waals surface area contributed by atoms with Crippen LogP contribution in [0.1, 0.15) is 130 Å². The van der Waals surface area contributed by atoms with E-state index >= 15 is 0 Å². The molecular formula is C34H50N4O6. The van der Waals surface area contributed by atoms with Crippen molar-refractivity contribution in [1.29, 1.82) is 0 Å². The van der Waals surface area contributed by atoms with Crippen LogP contribution < -0.4 is 21.7 Å². The number of carbonyl (C=O) groups is 4. The molecule has 10 nitrogen and oxygen atoms in total. The summed E-state index contributed by atoms with van der Waals surface area (Å²) in [6, 6.07) is 9.72. The standard InChI is InChI=1S/C34H50N4O6/c1-4-7-10-11-12-15-26(32(42)36-38-34(44)28-23-25(14-9-6-3)17-20-30(28)40)18-21-31(41)35-37-33(43)27-22-24(13-8-5-2)16-19-29(27)39/h16-17,19-20,22-23,26,39-40H,4-15,18,21H2,1-3H3,(H,35,41)(H,36,42)(H,37,43)(H,38,44). The van der Waals surface area contributed by atoms with Crippen molar-refractivity contribution in [3.8, 4) is 11.5 Å². The highest BCUT2D eigenvalue weighted by Gasteiger charge is 2.22. The molecule has 0 aliphatic carbocycles. The predicted molar refractivity (Wildman–Crippen MR) is 171 cm³/mol. The minimum absolute atomic E-state index is 0.0376. The van der Waals surface area contributed by atoms with Gasteiger partial charge in [0.1, 0.15) is 11.5 Å². The lowest BCUT2D eigenvalue weighted by Crippen LogP contribution is -2.45. The molecule has 242 valence electrons. The first-order chi connectivity index (χ1) is 21.2. The zero-order chi connectivity index (χ0) is 32.3. The highest BCUT2D eigenvalue weighted by Crippen LogP contribution is 2.21. The first-order valence-corrected chi connectivity index (χ1v) is 16.0. The smallest absolute Gasteiger partial charge is 0.273 e. The van der Waals surface area contributed by atoms with Gasteiger partial charge in [0.15, 0.2) is 0 Å². The SMILES string of the molecule is CCCCCCCC(CCC(=O)NNC(=O)c1cc(CCCC)ccc1O)C(=O)NNC(=O)c1cc(CCCC)ccc1O. The normalized spacial score (nSPS) is 11.4. The molecule has 0 saturated heterocycles. The van der Waals surface area contributed by atoms with E-state index in [-0.39, 0.29) is 35.5 Å². The Morgan fingerprint density at radius 1 is 0.614 bits per heavy atom. The molecule has 0 heterocycles. The van der Waals surface area contributed by atoms with Gasteiger partial charge in [0, 0.05) is 12.3 Å². The van der Waals surface area contributed by atoms with Crippen LogP contribution in [0.25, 0.3) is 0 Å². The maximum absolute atomic E-state index is 13.1. The number of hydrogen-bond donors (Lipinski definition) is 6. The van der Waals surface area contributed by atoms with Crippen molar-refractivity contribution >= 4 is 23.6 Å². The number of rotatable bonds is 18. The summed E-state index contributed by atoms with van der Waals surface area (Å²) in [7, 11) is 0. The number of aryl methyl sites for hydroxylation is 2. The number of hydrazine groups is 2. The van der Waals surface area contributed by atoms with E-state index in [9.17, 15) is 29.4 Å². The van der Waals surface area contributed by atoms with Gasteiger partial charge in [-0.15, -0.1) is 0 Å². The third kappa shape index (κ3) is 12.7. The van der Waals surface area contributed by atoms with Crippen molar-refractivity contribution in [1.82, 2.24) is 21.7 Å². The fourth-order valence-electron chi connectivity index (χ4n) is 4.85. The predicted octanol–water partition coefficient (Wildman–Crippen LogP) is 5.76. The molecule has 0 aliphatic heterocycles. The van der Waals surface area contributed by atoms with Crippen molar-refractivity contribution in [2.45, 2.75) is 111 Å². The molecule has 44 heavy (non-hydrogen) atoms. The van der Waals surface area contributed by atoms with Crippen LogP contribution in [0.5, 0.6) is 11.5 Å². The summed E-state index contributed by atoms with van der Waals surface area (Å²) in [5, 5.41) is 20.3. The van der Waals surface area contributed by atoms with E-state index in [1.807, 2.05) is 0 Å². The molecule has 1 atom stereocenters. The average Bonchev–Trinajstić information content (AvgIpc) is 3.02. The molecule has 0 spiro atoms. The van der Waals surface area contributed by atoms with Crippen LogP contribution in [0.15, 0.2) is 36.4 Å². The van der Waals surface area contributed by atoms with Crippen LogP contribution in [-0.2, 0) is 22.4 Å². The van der Waals surface area contributed by atoms with E-state index in [0.717, 1.165) is 81.8 Å². The number of phenols is 2. The Hall–Kier alpha value is -4.08. The molecule has 0 aromatic heterocycles. The highest BCUT2D eigenvalue weighted by atomic mass is 16.3. The lowest BCUT2D eigenvalue weighted by Gasteiger charge is -2.18. The molecule has 0 saturated carbocycles. The molecule has 2 aromatic carbocycles. The molecule has 0 radical (unpaired) electrons. The van der Waals surface area contributed by atoms with E-state index in [4.69, 9.17) is 0 Å². The zero-order valence-electron chi connectivity index (χ0n) is 26.5. The van der Waals surface area contributed by atoms with Crippen LogP contribution in [0.4, 0.5) is 0 Å². The maximum atomic E-state index is 13.1. The van der Waals surface area contributed by atoms with Crippen LogP contribution in [-0.4, -0.2) is 33.8 Å². The largest absolute Gasteiger partial charge is 0.507 e. The number of carbonyl (C=O) groups excluding carboxylic acids is 4. The van der Waals surface area contributed by atoms with Crippen LogP contribution in [0.3, 0.4) is 0 Å². The van der Waals surface area contributed by atoms with Gasteiger partial charge in [-0.2, -0.15) is 0 Å². The average molecular weight is 611 g/mol. The quantitative estimate of drug-likeness (QED) is 0.0930. The Labute approximate surface area is 261 Å². The van der Waals surface area contributed by atoms with Crippen molar-refractivity contribution in [3.05, 3.63) is 58.7 Å². The van der Waals surface area contributed by atoms with Gasteiger partial charge in [0.05, 0.1) is 11.1 Å². The lowest BCUT2D eigenvalue weighted by atomic mass is 9.95. The summed E-state index contributed by atoms with van der Waals surface area (Å²) in [6.07, 6.45) is 11.1. The van der Waals surface area contributed by atoms with Crippen molar-refractivity contribution in [2.24, 2.45) is 5.92 Å². The fraction of sp³-hybridized carbons (Fsp3) is 0.529. The Bertz CT molecular complexity index is 1230. The van der Waals surface area contributed by atoms with Crippen molar-refractivity contribution in [2.75, 3.05) is 0 Å². The molecule has 2 rings (SSSR count). The van der Waals surface area contributed by atoms with E-state index in [0.29, 0.717) is 6.42 Å². The molecule has 4 amide bonds. The molecule has 2 aromatic rings. The third-order valence-electron chi connectivity index (χ3n) is 7.61. The number of nitrogens with one attached hydrogen (secondary N) is 4. The summed E-state index contributed by atoms with van der Waals surface area (Å²) in [4.78, 5) is 51.1. The molecule has 1 unspecified atom stereocenters. The number of hydrogen-bond acceptors (Lipinski definition) is 6. The van der Waals surface area contributed by atoms with E-state index in [2.05, 4.69) is 42.5 Å². The summed E-state index contributed by atoms with van der Waals surface area (Å²) in [6.45, 7) is 6.27. The highest BCUT2D eigenvalue weighted by molar-refractivity contribution is 5.98. The number of phenolic OH excluding ortho intramolecular Hbond substituents is 2. The van der Waals surface area contributed by atoms with Crippen molar-refractivity contribution in [3.63, 3.8) is 0 Å². The fourth-order valence-corrected chi connectivity index (χ4v) is 4.85. The van der Waals surface area contributed by atoms with Gasteiger partial charge < -0.3 is 10.2 Å². The van der Waals surface area contributed by atoms with Gasteiger partial charge in [-0.3, -0.25) is 40.9 Å². The number of benzene rings is 2. The topological polar surface area (TPSA) is 157 Å². The molecule has 0 fully saturated rings. The van der Waals surface area contributed by atoms with Gasteiger partial charge in [0.2, 0.25) is 11.8 Å². The third-order valence-corrected chi connectivity index (χ3v) is 7.61. The molecule has 10 heteroatoms. The van der Waals surface area contributed by atoms with Gasteiger partial charge in [-0.05, 0) is 73.9 Å². The van der Waals surface area contributed by atoms with Crippen LogP contribution in [0.2, 0.25) is 0 Å². The minimum atomic E-state index is -0.635. The zero-order valence-corrected chi connectivity index (χ0v) is 26.5. The van der Waals surface area contributed by atoms with Gasteiger partial charge in [-0.1, -0.05) is 77.8 Å². The lowest BCUT2D eigenvalue weighted by molar-refractivity contribution is -0.127. The second-order valence-corrected chi connectivity index (χ2v) is 11.3. The van der Waals surface area contributed by atoms with Gasteiger partial charge in [-0.25, -0.2) is 0 Å². The number of unbranched alkanes of at least 4 members (excludes halogenated alkanes) is 6. The molecule has 6 N–H and O–H groups in total. The summed E-state index contributed by atoms with van der Waals surface area (Å²) < 4.78 is 0. The Morgan fingerprint density at radius 3 is 1.64 bits per heavy atom. The Balaban J connectivity index is 1.95. The second kappa shape index (κ2) is 20.0. The molecule has 0 aliphatic rings. The molecular weight excluding hydrogens is 560 g/mol. The first kappa shape index (κ1) is 36.1. The van der Waals surface area contributed by atoms with E-state index in [1.54, 1.807) is 24.3 Å². The monoisotopic (exact) mass is 610 g/mol. The van der Waals surface area contributed by atoms with Gasteiger partial charge >= 0.3 is 0 Å².